The van der Waals surface area contributed by atoms with Gasteiger partial charge in [0.05, 0.1) is 6.04 Å². The fourth-order valence-corrected chi connectivity index (χ4v) is 2.92. The lowest BCUT2D eigenvalue weighted by atomic mass is 9.98. The van der Waals surface area contributed by atoms with E-state index in [0.717, 1.165) is 31.4 Å². The fourth-order valence-electron chi connectivity index (χ4n) is 2.92. The predicted octanol–water partition coefficient (Wildman–Crippen LogP) is 2.31. The summed E-state index contributed by atoms with van der Waals surface area (Å²) >= 11 is 0. The van der Waals surface area contributed by atoms with Crippen LogP contribution in [0.2, 0.25) is 0 Å². The zero-order valence-electron chi connectivity index (χ0n) is 14.0. The summed E-state index contributed by atoms with van der Waals surface area (Å²) in [5.74, 6) is -0.179. The number of hydrogen-bond donors (Lipinski definition) is 2. The van der Waals surface area contributed by atoms with Crippen LogP contribution in [0.25, 0.3) is 0 Å². The number of aliphatic hydroxyl groups excluding tert-OH is 1. The molecule has 1 amide bonds. The molecule has 3 atom stereocenters. The first-order valence-electron chi connectivity index (χ1n) is 8.41. The van der Waals surface area contributed by atoms with Gasteiger partial charge in [-0.05, 0) is 49.9 Å². The van der Waals surface area contributed by atoms with E-state index < -0.39 is 0 Å². The van der Waals surface area contributed by atoms with Gasteiger partial charge in [0.15, 0.2) is 0 Å². The molecule has 0 bridgehead atoms. The molecule has 5 heteroatoms. The van der Waals surface area contributed by atoms with Crippen molar-refractivity contribution in [3.63, 3.8) is 0 Å². The summed E-state index contributed by atoms with van der Waals surface area (Å²) in [4.78, 5) is 14.8. The van der Waals surface area contributed by atoms with Gasteiger partial charge in [0.1, 0.15) is 5.82 Å². The Morgan fingerprint density at radius 1 is 1.35 bits per heavy atom. The number of piperidine rings is 1. The average Bonchev–Trinajstić information content (AvgIpc) is 2.56. The lowest BCUT2D eigenvalue weighted by Gasteiger charge is -2.35. The zero-order chi connectivity index (χ0) is 16.8. The molecule has 0 spiro atoms. The Morgan fingerprint density at radius 3 is 2.70 bits per heavy atom. The number of benzene rings is 1. The lowest BCUT2D eigenvalue weighted by Crippen LogP contribution is -2.52. The number of amides is 1. The molecule has 0 radical (unpaired) electrons. The number of nitrogens with one attached hydrogen (secondary N) is 1. The van der Waals surface area contributed by atoms with E-state index in [9.17, 15) is 14.3 Å². The quantitative estimate of drug-likeness (QED) is 0.845. The van der Waals surface area contributed by atoms with Crippen molar-refractivity contribution in [2.75, 3.05) is 13.2 Å². The lowest BCUT2D eigenvalue weighted by molar-refractivity contribution is -0.129. The van der Waals surface area contributed by atoms with Gasteiger partial charge in [-0.1, -0.05) is 25.5 Å². The molecule has 4 nitrogen and oxygen atoms in total. The van der Waals surface area contributed by atoms with Gasteiger partial charge < -0.3 is 10.4 Å². The van der Waals surface area contributed by atoms with E-state index in [1.807, 2.05) is 13.8 Å². The molecular formula is C18H27FN2O2. The Bertz CT molecular complexity index is 506. The third kappa shape index (κ3) is 5.01. The molecule has 3 unspecified atom stereocenters. The van der Waals surface area contributed by atoms with E-state index in [4.69, 9.17) is 0 Å². The molecule has 1 aliphatic rings. The van der Waals surface area contributed by atoms with E-state index >= 15 is 0 Å². The summed E-state index contributed by atoms with van der Waals surface area (Å²) in [7, 11) is 0. The molecule has 1 saturated heterocycles. The summed E-state index contributed by atoms with van der Waals surface area (Å²) in [5.41, 5.74) is 1.02. The van der Waals surface area contributed by atoms with Gasteiger partial charge in [0.2, 0.25) is 5.91 Å². The van der Waals surface area contributed by atoms with Crippen molar-refractivity contribution in [1.29, 1.82) is 0 Å². The second-order valence-electron chi connectivity index (χ2n) is 6.57. The van der Waals surface area contributed by atoms with E-state index in [0.29, 0.717) is 6.54 Å². The van der Waals surface area contributed by atoms with E-state index in [1.165, 1.54) is 12.1 Å². The Kier molecular flexibility index (Phi) is 6.54. The van der Waals surface area contributed by atoms with Crippen molar-refractivity contribution in [1.82, 2.24) is 10.2 Å². The smallest absolute Gasteiger partial charge is 0.237 e. The predicted molar refractivity (Wildman–Crippen MR) is 88.3 cm³/mol. The highest BCUT2D eigenvalue weighted by atomic mass is 19.1. The molecule has 2 rings (SSSR count). The van der Waals surface area contributed by atoms with Crippen LogP contribution in [0.5, 0.6) is 0 Å². The first-order chi connectivity index (χ1) is 11.0. The maximum Gasteiger partial charge on any atom is 0.237 e. The van der Waals surface area contributed by atoms with Crippen molar-refractivity contribution in [3.05, 3.63) is 35.6 Å². The Hall–Kier alpha value is -1.46. The van der Waals surface area contributed by atoms with E-state index in [2.05, 4.69) is 10.2 Å². The van der Waals surface area contributed by atoms with Gasteiger partial charge in [-0.15, -0.1) is 0 Å². The second kappa shape index (κ2) is 8.41. The molecule has 1 aromatic rings. The molecule has 2 N–H and O–H groups in total. The highest BCUT2D eigenvalue weighted by Crippen LogP contribution is 2.20. The van der Waals surface area contributed by atoms with Crippen LogP contribution in [0.4, 0.5) is 4.39 Å². The van der Waals surface area contributed by atoms with Crippen molar-refractivity contribution < 1.29 is 14.3 Å². The number of rotatable bonds is 6. The van der Waals surface area contributed by atoms with Crippen LogP contribution in [0.15, 0.2) is 24.3 Å². The van der Waals surface area contributed by atoms with Crippen LogP contribution in [0, 0.1) is 11.7 Å². The number of aliphatic hydroxyl groups is 1. The summed E-state index contributed by atoms with van der Waals surface area (Å²) < 4.78 is 13.0. The normalized spacial score (nSPS) is 21.7. The molecule has 1 heterocycles. The molecule has 128 valence electrons. The molecule has 1 fully saturated rings. The number of carbonyl (C=O) groups is 1. The minimum atomic E-state index is -0.242. The molecule has 0 aliphatic carbocycles. The topological polar surface area (TPSA) is 52.6 Å². The summed E-state index contributed by atoms with van der Waals surface area (Å²) in [6, 6.07) is 6.26. The standard InChI is InChI=1S/C18H27FN2O2/c1-13(12-22)14(2)20-18(23)17-5-3-4-10-21(17)11-15-6-8-16(19)9-7-15/h6-9,13-14,17,22H,3-5,10-12H2,1-2H3,(H,20,23). The maximum atomic E-state index is 13.0. The highest BCUT2D eigenvalue weighted by molar-refractivity contribution is 5.82. The van der Waals surface area contributed by atoms with Crippen molar-refractivity contribution in [2.45, 2.75) is 51.7 Å². The van der Waals surface area contributed by atoms with Crippen LogP contribution in [0.3, 0.4) is 0 Å². The zero-order valence-corrected chi connectivity index (χ0v) is 14.0. The number of nitrogens with zero attached hydrogens (tertiary/aromatic N) is 1. The molecular weight excluding hydrogens is 295 g/mol. The summed E-state index contributed by atoms with van der Waals surface area (Å²) in [6.45, 7) is 5.43. The minimum absolute atomic E-state index is 0.0274. The molecule has 23 heavy (non-hydrogen) atoms. The second-order valence-corrected chi connectivity index (χ2v) is 6.57. The largest absolute Gasteiger partial charge is 0.396 e. The van der Waals surface area contributed by atoms with Crippen molar-refractivity contribution in [2.24, 2.45) is 5.92 Å². The van der Waals surface area contributed by atoms with Crippen LogP contribution in [0.1, 0.15) is 38.7 Å². The van der Waals surface area contributed by atoms with Gasteiger partial charge in [0, 0.05) is 19.2 Å². The van der Waals surface area contributed by atoms with Gasteiger partial charge in [-0.25, -0.2) is 4.39 Å². The number of hydrogen-bond acceptors (Lipinski definition) is 3. The van der Waals surface area contributed by atoms with Gasteiger partial charge in [-0.2, -0.15) is 0 Å². The van der Waals surface area contributed by atoms with Gasteiger partial charge in [-0.3, -0.25) is 9.69 Å². The third-order valence-corrected chi connectivity index (χ3v) is 4.73. The fraction of sp³-hybridized carbons (Fsp3) is 0.611. The van der Waals surface area contributed by atoms with Crippen molar-refractivity contribution in [3.8, 4) is 0 Å². The molecule has 0 aromatic heterocycles. The van der Waals surface area contributed by atoms with Gasteiger partial charge in [0.25, 0.3) is 0 Å². The maximum absolute atomic E-state index is 13.0. The van der Waals surface area contributed by atoms with Crippen LogP contribution in [-0.2, 0) is 11.3 Å². The Morgan fingerprint density at radius 2 is 2.04 bits per heavy atom. The molecule has 1 aliphatic heterocycles. The van der Waals surface area contributed by atoms with Crippen LogP contribution in [-0.4, -0.2) is 41.1 Å². The van der Waals surface area contributed by atoms with E-state index in [1.54, 1.807) is 12.1 Å². The Balaban J connectivity index is 1.99. The third-order valence-electron chi connectivity index (χ3n) is 4.73. The average molecular weight is 322 g/mol. The summed E-state index contributed by atoms with van der Waals surface area (Å²) in [6.07, 6.45) is 2.96. The van der Waals surface area contributed by atoms with E-state index in [-0.39, 0.29) is 36.3 Å². The Labute approximate surface area is 137 Å². The highest BCUT2D eigenvalue weighted by Gasteiger charge is 2.29. The molecule has 1 aromatic carbocycles. The number of likely N-dealkylation sites (tertiary alicyclic amines) is 1. The van der Waals surface area contributed by atoms with Gasteiger partial charge >= 0.3 is 0 Å². The van der Waals surface area contributed by atoms with Crippen molar-refractivity contribution >= 4 is 5.91 Å². The number of carbonyl (C=O) groups excluding carboxylic acids is 1. The monoisotopic (exact) mass is 322 g/mol. The summed E-state index contributed by atoms with van der Waals surface area (Å²) in [5, 5.41) is 12.2. The molecule has 0 saturated carbocycles. The first kappa shape index (κ1) is 17.9. The van der Waals surface area contributed by atoms with Crippen LogP contribution >= 0.6 is 0 Å². The minimum Gasteiger partial charge on any atom is -0.396 e. The van der Waals surface area contributed by atoms with Crippen LogP contribution < -0.4 is 5.32 Å². The number of halogens is 1. The SMILES string of the molecule is CC(CO)C(C)NC(=O)C1CCCCN1Cc1ccc(F)cc1. The first-order valence-corrected chi connectivity index (χ1v) is 8.41.